The highest BCUT2D eigenvalue weighted by Crippen LogP contribution is 2.38. The summed E-state index contributed by atoms with van der Waals surface area (Å²) in [6.45, 7) is 0. The standard InChI is InChI=1S/C12H9Cl2N3OS/c13-9-5-8(10(14)19-9)6-2-1-3-7(4-6)11(18)17-12(15)16/h1-5H,(H4,15,16,17,18). The van der Waals surface area contributed by atoms with Crippen molar-refractivity contribution in [2.45, 2.75) is 0 Å². The minimum Gasteiger partial charge on any atom is -0.370 e. The molecule has 0 aliphatic carbocycles. The van der Waals surface area contributed by atoms with Crippen LogP contribution in [0, 0.1) is 0 Å². The number of nitrogens with zero attached hydrogens (tertiary/aromatic N) is 1. The first-order chi connectivity index (χ1) is 8.97. The van der Waals surface area contributed by atoms with Crippen molar-refractivity contribution in [3.05, 3.63) is 44.6 Å². The van der Waals surface area contributed by atoms with Gasteiger partial charge in [0.1, 0.15) is 4.34 Å². The third kappa shape index (κ3) is 3.26. The number of thiophene rings is 1. The lowest BCUT2D eigenvalue weighted by Gasteiger charge is -2.02. The molecule has 0 aliphatic heterocycles. The number of carbonyl (C=O) groups excluding carboxylic acids is 1. The highest BCUT2D eigenvalue weighted by molar-refractivity contribution is 7.20. The number of hydrogen-bond donors (Lipinski definition) is 2. The monoisotopic (exact) mass is 313 g/mol. The Labute approximate surface area is 123 Å². The molecule has 7 heteroatoms. The van der Waals surface area contributed by atoms with Crippen LogP contribution in [0.15, 0.2) is 35.3 Å². The quantitative estimate of drug-likeness (QED) is 0.660. The summed E-state index contributed by atoms with van der Waals surface area (Å²) in [6.07, 6.45) is 0. The summed E-state index contributed by atoms with van der Waals surface area (Å²) >= 11 is 13.2. The van der Waals surface area contributed by atoms with Crippen LogP contribution >= 0.6 is 34.5 Å². The molecule has 0 spiro atoms. The third-order valence-electron chi connectivity index (χ3n) is 2.31. The second-order valence-electron chi connectivity index (χ2n) is 3.66. The molecule has 0 atom stereocenters. The van der Waals surface area contributed by atoms with E-state index in [9.17, 15) is 4.79 Å². The van der Waals surface area contributed by atoms with E-state index in [-0.39, 0.29) is 5.96 Å². The van der Waals surface area contributed by atoms with Crippen molar-refractivity contribution in [1.29, 1.82) is 0 Å². The van der Waals surface area contributed by atoms with Crippen molar-refractivity contribution < 1.29 is 4.79 Å². The van der Waals surface area contributed by atoms with E-state index in [0.29, 0.717) is 14.2 Å². The lowest BCUT2D eigenvalue weighted by molar-refractivity contribution is 0.100. The van der Waals surface area contributed by atoms with Gasteiger partial charge in [-0.2, -0.15) is 4.99 Å². The molecule has 0 aliphatic rings. The molecule has 1 aromatic heterocycles. The van der Waals surface area contributed by atoms with E-state index >= 15 is 0 Å². The predicted molar refractivity (Wildman–Crippen MR) is 79.9 cm³/mol. The maximum Gasteiger partial charge on any atom is 0.280 e. The average molecular weight is 314 g/mol. The molecule has 0 radical (unpaired) electrons. The Morgan fingerprint density at radius 1 is 1.21 bits per heavy atom. The Morgan fingerprint density at radius 3 is 2.53 bits per heavy atom. The minimum absolute atomic E-state index is 0.271. The van der Waals surface area contributed by atoms with Gasteiger partial charge in [-0.05, 0) is 23.8 Å². The van der Waals surface area contributed by atoms with Crippen LogP contribution < -0.4 is 11.5 Å². The number of aliphatic imine (C=N–C) groups is 1. The van der Waals surface area contributed by atoms with E-state index in [0.717, 1.165) is 11.1 Å². The van der Waals surface area contributed by atoms with Gasteiger partial charge in [0, 0.05) is 11.1 Å². The molecule has 1 amide bonds. The van der Waals surface area contributed by atoms with E-state index in [1.807, 2.05) is 6.07 Å². The summed E-state index contributed by atoms with van der Waals surface area (Å²) in [5.74, 6) is -0.772. The van der Waals surface area contributed by atoms with Gasteiger partial charge in [-0.1, -0.05) is 35.3 Å². The number of hydrogen-bond acceptors (Lipinski definition) is 2. The number of carbonyl (C=O) groups is 1. The number of amides is 1. The van der Waals surface area contributed by atoms with Gasteiger partial charge in [-0.3, -0.25) is 4.79 Å². The van der Waals surface area contributed by atoms with Gasteiger partial charge in [0.15, 0.2) is 5.96 Å². The number of halogens is 2. The summed E-state index contributed by atoms with van der Waals surface area (Å²) in [6, 6.07) is 8.60. The topological polar surface area (TPSA) is 81.5 Å². The van der Waals surface area contributed by atoms with Gasteiger partial charge < -0.3 is 11.5 Å². The molecule has 0 bridgehead atoms. The normalized spacial score (nSPS) is 10.2. The average Bonchev–Trinajstić information content (AvgIpc) is 2.68. The second kappa shape index (κ2) is 5.61. The van der Waals surface area contributed by atoms with Crippen molar-refractivity contribution in [3.63, 3.8) is 0 Å². The molecule has 4 nitrogen and oxygen atoms in total. The number of rotatable bonds is 2. The maximum atomic E-state index is 11.7. The Hall–Kier alpha value is -1.56. The van der Waals surface area contributed by atoms with Gasteiger partial charge in [0.25, 0.3) is 5.91 Å². The summed E-state index contributed by atoms with van der Waals surface area (Å²) in [5.41, 5.74) is 12.3. The van der Waals surface area contributed by atoms with Crippen molar-refractivity contribution in [3.8, 4) is 11.1 Å². The van der Waals surface area contributed by atoms with Crippen LogP contribution in [0.25, 0.3) is 11.1 Å². The molecule has 0 fully saturated rings. The largest absolute Gasteiger partial charge is 0.370 e. The summed E-state index contributed by atoms with van der Waals surface area (Å²) in [5, 5.41) is 0. The van der Waals surface area contributed by atoms with Crippen LogP contribution in [0.3, 0.4) is 0 Å². The fourth-order valence-electron chi connectivity index (χ4n) is 1.54. The minimum atomic E-state index is -0.501. The lowest BCUT2D eigenvalue weighted by atomic mass is 10.1. The maximum absolute atomic E-state index is 11.7. The molecule has 19 heavy (non-hydrogen) atoms. The third-order valence-corrected chi connectivity index (χ3v) is 3.80. The molecule has 0 unspecified atom stereocenters. The van der Waals surface area contributed by atoms with E-state index in [4.69, 9.17) is 34.7 Å². The van der Waals surface area contributed by atoms with E-state index < -0.39 is 5.91 Å². The Bertz CT molecular complexity index is 663. The first kappa shape index (κ1) is 13.9. The summed E-state index contributed by atoms with van der Waals surface area (Å²) in [7, 11) is 0. The van der Waals surface area contributed by atoms with Gasteiger partial charge in [-0.25, -0.2) is 0 Å². The molecular formula is C12H9Cl2N3OS. The van der Waals surface area contributed by atoms with Crippen LogP contribution in [-0.2, 0) is 0 Å². The molecule has 0 saturated heterocycles. The Morgan fingerprint density at radius 2 is 1.95 bits per heavy atom. The van der Waals surface area contributed by atoms with Crippen LogP contribution in [0.2, 0.25) is 8.67 Å². The highest BCUT2D eigenvalue weighted by atomic mass is 35.5. The van der Waals surface area contributed by atoms with Gasteiger partial charge in [-0.15, -0.1) is 11.3 Å². The Kier molecular flexibility index (Phi) is 4.09. The fraction of sp³-hybridized carbons (Fsp3) is 0. The van der Waals surface area contributed by atoms with Crippen molar-refractivity contribution in [1.82, 2.24) is 0 Å². The highest BCUT2D eigenvalue weighted by Gasteiger charge is 2.11. The lowest BCUT2D eigenvalue weighted by Crippen LogP contribution is -2.24. The van der Waals surface area contributed by atoms with Gasteiger partial charge in [0.05, 0.1) is 4.34 Å². The molecule has 2 aromatic rings. The van der Waals surface area contributed by atoms with Crippen LogP contribution in [0.4, 0.5) is 0 Å². The van der Waals surface area contributed by atoms with Crippen molar-refractivity contribution >= 4 is 46.4 Å². The predicted octanol–water partition coefficient (Wildman–Crippen LogP) is 3.14. The molecule has 4 N–H and O–H groups in total. The number of benzene rings is 1. The van der Waals surface area contributed by atoms with Crippen molar-refractivity contribution in [2.24, 2.45) is 16.5 Å². The number of nitrogens with two attached hydrogens (primary N) is 2. The zero-order valence-corrected chi connectivity index (χ0v) is 11.9. The molecule has 1 aromatic carbocycles. The zero-order valence-electron chi connectivity index (χ0n) is 9.56. The number of guanidine groups is 1. The summed E-state index contributed by atoms with van der Waals surface area (Å²) < 4.78 is 1.15. The fourth-order valence-corrected chi connectivity index (χ4v) is 3.05. The zero-order chi connectivity index (χ0) is 14.0. The first-order valence-electron chi connectivity index (χ1n) is 5.16. The van der Waals surface area contributed by atoms with Crippen LogP contribution in [-0.4, -0.2) is 11.9 Å². The van der Waals surface area contributed by atoms with Gasteiger partial charge >= 0.3 is 0 Å². The Balaban J connectivity index is 2.43. The smallest absolute Gasteiger partial charge is 0.280 e. The molecule has 1 heterocycles. The van der Waals surface area contributed by atoms with E-state index in [2.05, 4.69) is 4.99 Å². The van der Waals surface area contributed by atoms with Crippen LogP contribution in [0.1, 0.15) is 10.4 Å². The molecule has 98 valence electrons. The van der Waals surface area contributed by atoms with Crippen LogP contribution in [0.5, 0.6) is 0 Å². The van der Waals surface area contributed by atoms with E-state index in [1.54, 1.807) is 24.3 Å². The van der Waals surface area contributed by atoms with Gasteiger partial charge in [0.2, 0.25) is 0 Å². The summed E-state index contributed by atoms with van der Waals surface area (Å²) in [4.78, 5) is 15.2. The molecule has 2 rings (SSSR count). The second-order valence-corrected chi connectivity index (χ2v) is 5.95. The molecular weight excluding hydrogens is 305 g/mol. The first-order valence-corrected chi connectivity index (χ1v) is 6.74. The SMILES string of the molecule is NC(N)=NC(=O)c1cccc(-c2cc(Cl)sc2Cl)c1. The van der Waals surface area contributed by atoms with E-state index in [1.165, 1.54) is 11.3 Å². The van der Waals surface area contributed by atoms with Crippen molar-refractivity contribution in [2.75, 3.05) is 0 Å². The molecule has 0 saturated carbocycles.